The molecule has 6 heteroatoms. The second-order valence-electron chi connectivity index (χ2n) is 4.79. The van der Waals surface area contributed by atoms with Gasteiger partial charge < -0.3 is 10.4 Å². The van der Waals surface area contributed by atoms with E-state index in [1.165, 1.54) is 0 Å². The lowest BCUT2D eigenvalue weighted by molar-refractivity contribution is -0.137. The average Bonchev–Trinajstić information content (AvgIpc) is 2.41. The fourth-order valence-electron chi connectivity index (χ4n) is 1.87. The SMILES string of the molecule is O=C(O)CCCCCNC(=O)CCc1ccc(Cl)cc1Cl. The fourth-order valence-corrected chi connectivity index (χ4v) is 2.37. The van der Waals surface area contributed by atoms with Gasteiger partial charge in [-0.15, -0.1) is 0 Å². The van der Waals surface area contributed by atoms with Crippen LogP contribution in [-0.2, 0) is 16.0 Å². The summed E-state index contributed by atoms with van der Waals surface area (Å²) in [6.07, 6.45) is 3.36. The number of carbonyl (C=O) groups excluding carboxylic acids is 1. The molecule has 0 heterocycles. The van der Waals surface area contributed by atoms with E-state index in [0.717, 1.165) is 18.4 Å². The van der Waals surface area contributed by atoms with Gasteiger partial charge in [0.15, 0.2) is 0 Å². The summed E-state index contributed by atoms with van der Waals surface area (Å²) in [7, 11) is 0. The summed E-state index contributed by atoms with van der Waals surface area (Å²) in [4.78, 5) is 22.0. The molecular formula is C15H19Cl2NO3. The Hall–Kier alpha value is -1.26. The monoisotopic (exact) mass is 331 g/mol. The smallest absolute Gasteiger partial charge is 0.303 e. The molecule has 0 spiro atoms. The molecule has 0 aliphatic carbocycles. The first-order valence-electron chi connectivity index (χ1n) is 6.91. The quantitative estimate of drug-likeness (QED) is 0.678. The molecule has 116 valence electrons. The number of hydrogen-bond acceptors (Lipinski definition) is 2. The van der Waals surface area contributed by atoms with Crippen LogP contribution in [0, 0.1) is 0 Å². The number of nitrogens with one attached hydrogen (secondary N) is 1. The molecule has 0 radical (unpaired) electrons. The van der Waals surface area contributed by atoms with Crippen molar-refractivity contribution in [2.24, 2.45) is 0 Å². The molecule has 0 atom stereocenters. The van der Waals surface area contributed by atoms with Crippen LogP contribution in [-0.4, -0.2) is 23.5 Å². The summed E-state index contributed by atoms with van der Waals surface area (Å²) in [5.41, 5.74) is 0.901. The Bertz CT molecular complexity index is 492. The molecule has 0 unspecified atom stereocenters. The number of benzene rings is 1. The Labute approximate surface area is 134 Å². The van der Waals surface area contributed by atoms with Gasteiger partial charge in [0.1, 0.15) is 0 Å². The zero-order chi connectivity index (χ0) is 15.7. The van der Waals surface area contributed by atoms with Gasteiger partial charge in [0.25, 0.3) is 0 Å². The van der Waals surface area contributed by atoms with Gasteiger partial charge in [-0.2, -0.15) is 0 Å². The zero-order valence-corrected chi connectivity index (χ0v) is 13.2. The third-order valence-electron chi connectivity index (χ3n) is 3.03. The van der Waals surface area contributed by atoms with E-state index >= 15 is 0 Å². The molecule has 1 rings (SSSR count). The average molecular weight is 332 g/mol. The van der Waals surface area contributed by atoms with Crippen LogP contribution >= 0.6 is 23.2 Å². The van der Waals surface area contributed by atoms with Crippen molar-refractivity contribution in [1.29, 1.82) is 0 Å². The second kappa shape index (κ2) is 9.64. The molecule has 1 amide bonds. The van der Waals surface area contributed by atoms with Gasteiger partial charge in [0.2, 0.25) is 5.91 Å². The molecule has 0 aromatic heterocycles. The van der Waals surface area contributed by atoms with Gasteiger partial charge in [-0.1, -0.05) is 35.7 Å². The van der Waals surface area contributed by atoms with Gasteiger partial charge in [-0.05, 0) is 37.0 Å². The topological polar surface area (TPSA) is 66.4 Å². The van der Waals surface area contributed by atoms with Crippen LogP contribution in [0.2, 0.25) is 10.0 Å². The largest absolute Gasteiger partial charge is 0.481 e. The van der Waals surface area contributed by atoms with Crippen LogP contribution < -0.4 is 5.32 Å². The van der Waals surface area contributed by atoms with Crippen molar-refractivity contribution in [3.63, 3.8) is 0 Å². The van der Waals surface area contributed by atoms with Crippen LogP contribution in [0.4, 0.5) is 0 Å². The van der Waals surface area contributed by atoms with Crippen molar-refractivity contribution in [3.05, 3.63) is 33.8 Å². The normalized spacial score (nSPS) is 10.4. The number of hydrogen-bond donors (Lipinski definition) is 2. The molecule has 0 aliphatic rings. The predicted molar refractivity (Wildman–Crippen MR) is 83.9 cm³/mol. The summed E-state index contributed by atoms with van der Waals surface area (Å²) in [5.74, 6) is -0.807. The summed E-state index contributed by atoms with van der Waals surface area (Å²) in [6.45, 7) is 0.576. The molecule has 0 saturated carbocycles. The third kappa shape index (κ3) is 7.93. The highest BCUT2D eigenvalue weighted by Gasteiger charge is 2.05. The van der Waals surface area contributed by atoms with E-state index in [1.54, 1.807) is 12.1 Å². The molecule has 0 fully saturated rings. The van der Waals surface area contributed by atoms with Crippen LogP contribution in [0.5, 0.6) is 0 Å². The number of aryl methyl sites for hydroxylation is 1. The number of halogens is 2. The standard InChI is InChI=1S/C15H19Cl2NO3/c16-12-7-5-11(13(17)10-12)6-8-14(19)18-9-3-1-2-4-15(20)21/h5,7,10H,1-4,6,8-9H2,(H,18,19)(H,20,21). The molecule has 0 aliphatic heterocycles. The van der Waals surface area contributed by atoms with E-state index in [1.807, 2.05) is 6.07 Å². The van der Waals surface area contributed by atoms with Crippen LogP contribution in [0.25, 0.3) is 0 Å². The first-order valence-corrected chi connectivity index (χ1v) is 7.67. The Morgan fingerprint density at radius 3 is 2.52 bits per heavy atom. The maximum absolute atomic E-state index is 11.7. The molecule has 1 aromatic rings. The zero-order valence-electron chi connectivity index (χ0n) is 11.7. The fraction of sp³-hybridized carbons (Fsp3) is 0.467. The van der Waals surface area contributed by atoms with E-state index in [9.17, 15) is 9.59 Å². The van der Waals surface area contributed by atoms with Crippen molar-refractivity contribution in [2.45, 2.75) is 38.5 Å². The van der Waals surface area contributed by atoms with Gasteiger partial charge in [-0.3, -0.25) is 9.59 Å². The van der Waals surface area contributed by atoms with E-state index in [0.29, 0.717) is 35.9 Å². The Kier molecular flexibility index (Phi) is 8.16. The van der Waals surface area contributed by atoms with Gasteiger partial charge in [-0.25, -0.2) is 0 Å². The van der Waals surface area contributed by atoms with Crippen LogP contribution in [0.1, 0.15) is 37.7 Å². The molecule has 4 nitrogen and oxygen atoms in total. The molecular weight excluding hydrogens is 313 g/mol. The van der Waals surface area contributed by atoms with Crippen molar-refractivity contribution in [2.75, 3.05) is 6.54 Å². The van der Waals surface area contributed by atoms with Crippen molar-refractivity contribution in [3.8, 4) is 0 Å². The number of carbonyl (C=O) groups is 2. The second-order valence-corrected chi connectivity index (χ2v) is 5.63. The highest BCUT2D eigenvalue weighted by molar-refractivity contribution is 6.35. The number of unbranched alkanes of at least 4 members (excludes halogenated alkanes) is 2. The van der Waals surface area contributed by atoms with Gasteiger partial charge in [0.05, 0.1) is 0 Å². The van der Waals surface area contributed by atoms with E-state index in [-0.39, 0.29) is 12.3 Å². The minimum absolute atomic E-state index is 0.0285. The first-order chi connectivity index (χ1) is 9.99. The molecule has 0 saturated heterocycles. The lowest BCUT2D eigenvalue weighted by atomic mass is 10.1. The predicted octanol–water partition coefficient (Wildman–Crippen LogP) is 3.69. The van der Waals surface area contributed by atoms with Gasteiger partial charge in [0, 0.05) is 29.4 Å². The first kappa shape index (κ1) is 17.8. The Balaban J connectivity index is 2.15. The highest BCUT2D eigenvalue weighted by Crippen LogP contribution is 2.21. The number of carboxylic acids is 1. The molecule has 21 heavy (non-hydrogen) atoms. The highest BCUT2D eigenvalue weighted by atomic mass is 35.5. The Morgan fingerprint density at radius 2 is 1.86 bits per heavy atom. The van der Waals surface area contributed by atoms with Crippen molar-refractivity contribution < 1.29 is 14.7 Å². The third-order valence-corrected chi connectivity index (χ3v) is 3.61. The van der Waals surface area contributed by atoms with E-state index < -0.39 is 5.97 Å². The molecule has 2 N–H and O–H groups in total. The van der Waals surface area contributed by atoms with Crippen LogP contribution in [0.15, 0.2) is 18.2 Å². The van der Waals surface area contributed by atoms with Gasteiger partial charge >= 0.3 is 5.97 Å². The van der Waals surface area contributed by atoms with Crippen molar-refractivity contribution in [1.82, 2.24) is 5.32 Å². The lowest BCUT2D eigenvalue weighted by Crippen LogP contribution is -2.24. The number of rotatable bonds is 9. The summed E-state index contributed by atoms with van der Waals surface area (Å²) in [6, 6.07) is 5.24. The number of carboxylic acid groups (broad SMARTS) is 1. The maximum atomic E-state index is 11.7. The minimum atomic E-state index is -0.779. The maximum Gasteiger partial charge on any atom is 0.303 e. The summed E-state index contributed by atoms with van der Waals surface area (Å²) in [5, 5.41) is 12.5. The van der Waals surface area contributed by atoms with E-state index in [2.05, 4.69) is 5.32 Å². The minimum Gasteiger partial charge on any atom is -0.481 e. The summed E-state index contributed by atoms with van der Waals surface area (Å²) < 4.78 is 0. The summed E-state index contributed by atoms with van der Waals surface area (Å²) >= 11 is 11.8. The number of aliphatic carboxylic acids is 1. The van der Waals surface area contributed by atoms with E-state index in [4.69, 9.17) is 28.3 Å². The lowest BCUT2D eigenvalue weighted by Gasteiger charge is -2.06. The molecule has 1 aromatic carbocycles. The van der Waals surface area contributed by atoms with Crippen molar-refractivity contribution >= 4 is 35.1 Å². The van der Waals surface area contributed by atoms with Crippen LogP contribution in [0.3, 0.4) is 0 Å². The molecule has 0 bridgehead atoms. The number of amides is 1. The Morgan fingerprint density at radius 1 is 1.10 bits per heavy atom.